The molecule has 4 heteroatoms. The van der Waals surface area contributed by atoms with E-state index in [1.165, 1.54) is 19.4 Å². The van der Waals surface area contributed by atoms with Gasteiger partial charge in [0.1, 0.15) is 0 Å². The molecule has 1 amide bonds. The van der Waals surface area contributed by atoms with Gasteiger partial charge in [-0.15, -0.1) is 0 Å². The first-order valence-corrected chi connectivity index (χ1v) is 6.96. The molecule has 2 saturated heterocycles. The molecule has 2 atom stereocenters. The van der Waals surface area contributed by atoms with E-state index in [2.05, 4.69) is 16.7 Å². The maximum Gasteiger partial charge on any atom is 0.222 e. The minimum absolute atomic E-state index is 0.314. The SMILES string of the molecule is CCC(CN)CC(=O)N1CCN2CCCC2C1. The summed E-state index contributed by atoms with van der Waals surface area (Å²) in [5.74, 6) is 0.679. The highest BCUT2D eigenvalue weighted by molar-refractivity contribution is 5.76. The molecular formula is C13H25N3O. The third-order valence-corrected chi connectivity index (χ3v) is 4.31. The molecule has 98 valence electrons. The number of carbonyl (C=O) groups is 1. The van der Waals surface area contributed by atoms with Crippen molar-refractivity contribution in [1.82, 2.24) is 9.80 Å². The molecule has 0 aromatic heterocycles. The molecule has 2 aliphatic heterocycles. The Kier molecular flexibility index (Phi) is 4.40. The van der Waals surface area contributed by atoms with Crippen LogP contribution in [0.1, 0.15) is 32.6 Å². The Morgan fingerprint density at radius 2 is 2.24 bits per heavy atom. The van der Waals surface area contributed by atoms with Gasteiger partial charge in [-0.05, 0) is 31.8 Å². The maximum absolute atomic E-state index is 12.2. The zero-order valence-corrected chi connectivity index (χ0v) is 10.9. The third kappa shape index (κ3) is 2.99. The lowest BCUT2D eigenvalue weighted by Gasteiger charge is -2.38. The lowest BCUT2D eigenvalue weighted by molar-refractivity contribution is -0.134. The van der Waals surface area contributed by atoms with Crippen molar-refractivity contribution in [3.63, 3.8) is 0 Å². The standard InChI is InChI=1S/C13H25N3O/c1-2-11(9-14)8-13(17)16-7-6-15-5-3-4-12(15)10-16/h11-12H,2-10,14H2,1H3. The van der Waals surface area contributed by atoms with Crippen molar-refractivity contribution in [3.8, 4) is 0 Å². The van der Waals surface area contributed by atoms with Gasteiger partial charge in [0.2, 0.25) is 5.91 Å². The van der Waals surface area contributed by atoms with Gasteiger partial charge in [-0.1, -0.05) is 13.3 Å². The van der Waals surface area contributed by atoms with Gasteiger partial charge in [0, 0.05) is 32.1 Å². The van der Waals surface area contributed by atoms with Gasteiger partial charge in [-0.3, -0.25) is 9.69 Å². The van der Waals surface area contributed by atoms with Crippen molar-refractivity contribution in [2.75, 3.05) is 32.7 Å². The van der Waals surface area contributed by atoms with Crippen LogP contribution in [-0.4, -0.2) is 54.5 Å². The highest BCUT2D eigenvalue weighted by Crippen LogP contribution is 2.22. The van der Waals surface area contributed by atoms with Gasteiger partial charge in [-0.2, -0.15) is 0 Å². The largest absolute Gasteiger partial charge is 0.340 e. The Morgan fingerprint density at radius 3 is 2.94 bits per heavy atom. The molecule has 0 radical (unpaired) electrons. The van der Waals surface area contributed by atoms with Crippen molar-refractivity contribution in [2.45, 2.75) is 38.6 Å². The number of amides is 1. The van der Waals surface area contributed by atoms with Crippen molar-refractivity contribution in [2.24, 2.45) is 11.7 Å². The second kappa shape index (κ2) is 5.83. The second-order valence-corrected chi connectivity index (χ2v) is 5.39. The molecule has 0 saturated carbocycles. The Labute approximate surface area is 104 Å². The van der Waals surface area contributed by atoms with E-state index in [1.807, 2.05) is 0 Å². The minimum Gasteiger partial charge on any atom is -0.340 e. The Bertz CT molecular complexity index is 265. The first-order valence-electron chi connectivity index (χ1n) is 6.96. The normalized spacial score (nSPS) is 26.9. The number of rotatable bonds is 4. The molecule has 0 aliphatic carbocycles. The summed E-state index contributed by atoms with van der Waals surface area (Å²) < 4.78 is 0. The summed E-state index contributed by atoms with van der Waals surface area (Å²) in [5.41, 5.74) is 5.67. The van der Waals surface area contributed by atoms with Crippen LogP contribution in [0.15, 0.2) is 0 Å². The van der Waals surface area contributed by atoms with Crippen LogP contribution >= 0.6 is 0 Å². The zero-order valence-electron chi connectivity index (χ0n) is 10.9. The number of hydrogen-bond donors (Lipinski definition) is 1. The van der Waals surface area contributed by atoms with Crippen molar-refractivity contribution < 1.29 is 4.79 Å². The average Bonchev–Trinajstić information content (AvgIpc) is 2.82. The topological polar surface area (TPSA) is 49.6 Å². The summed E-state index contributed by atoms with van der Waals surface area (Å²) in [6.07, 6.45) is 4.20. The van der Waals surface area contributed by atoms with Crippen molar-refractivity contribution >= 4 is 5.91 Å². The van der Waals surface area contributed by atoms with Gasteiger partial charge < -0.3 is 10.6 Å². The van der Waals surface area contributed by atoms with Crippen LogP contribution in [0.2, 0.25) is 0 Å². The molecule has 2 fully saturated rings. The predicted molar refractivity (Wildman–Crippen MR) is 68.6 cm³/mol. The Morgan fingerprint density at radius 1 is 1.41 bits per heavy atom. The second-order valence-electron chi connectivity index (χ2n) is 5.39. The molecule has 0 aromatic rings. The van der Waals surface area contributed by atoms with Crippen molar-refractivity contribution in [3.05, 3.63) is 0 Å². The molecule has 2 rings (SSSR count). The van der Waals surface area contributed by atoms with E-state index in [0.29, 0.717) is 30.8 Å². The van der Waals surface area contributed by atoms with Gasteiger partial charge in [0.05, 0.1) is 0 Å². The van der Waals surface area contributed by atoms with Gasteiger partial charge >= 0.3 is 0 Å². The fraction of sp³-hybridized carbons (Fsp3) is 0.923. The van der Waals surface area contributed by atoms with E-state index < -0.39 is 0 Å². The molecule has 2 aliphatic rings. The Balaban J connectivity index is 1.83. The van der Waals surface area contributed by atoms with Gasteiger partial charge in [0.25, 0.3) is 0 Å². The van der Waals surface area contributed by atoms with Crippen LogP contribution in [0.3, 0.4) is 0 Å². The van der Waals surface area contributed by atoms with E-state index in [9.17, 15) is 4.79 Å². The lowest BCUT2D eigenvalue weighted by Crippen LogP contribution is -2.52. The van der Waals surface area contributed by atoms with Crippen LogP contribution in [0.25, 0.3) is 0 Å². The molecule has 2 unspecified atom stereocenters. The Hall–Kier alpha value is -0.610. The minimum atomic E-state index is 0.314. The van der Waals surface area contributed by atoms with E-state index in [0.717, 1.165) is 26.1 Å². The summed E-state index contributed by atoms with van der Waals surface area (Å²) in [5, 5.41) is 0. The molecular weight excluding hydrogens is 214 g/mol. The summed E-state index contributed by atoms with van der Waals surface area (Å²) >= 11 is 0. The van der Waals surface area contributed by atoms with Gasteiger partial charge in [0.15, 0.2) is 0 Å². The molecule has 2 heterocycles. The number of nitrogens with zero attached hydrogens (tertiary/aromatic N) is 2. The first kappa shape index (κ1) is 12.8. The third-order valence-electron chi connectivity index (χ3n) is 4.31. The predicted octanol–water partition coefficient (Wildman–Crippen LogP) is 0.668. The lowest BCUT2D eigenvalue weighted by atomic mass is 10.0. The molecule has 0 spiro atoms. The zero-order chi connectivity index (χ0) is 12.3. The summed E-state index contributed by atoms with van der Waals surface area (Å²) in [4.78, 5) is 16.8. The first-order chi connectivity index (χ1) is 8.24. The smallest absolute Gasteiger partial charge is 0.222 e. The van der Waals surface area contributed by atoms with E-state index >= 15 is 0 Å². The molecule has 0 bridgehead atoms. The summed E-state index contributed by atoms with van der Waals surface area (Å²) in [6.45, 7) is 6.89. The van der Waals surface area contributed by atoms with Crippen LogP contribution in [0, 0.1) is 5.92 Å². The number of hydrogen-bond acceptors (Lipinski definition) is 3. The number of fused-ring (bicyclic) bond motifs is 1. The maximum atomic E-state index is 12.2. The average molecular weight is 239 g/mol. The highest BCUT2D eigenvalue weighted by atomic mass is 16.2. The quantitative estimate of drug-likeness (QED) is 0.784. The molecule has 2 N–H and O–H groups in total. The van der Waals surface area contributed by atoms with Gasteiger partial charge in [-0.25, -0.2) is 0 Å². The fourth-order valence-electron chi connectivity index (χ4n) is 2.99. The summed E-state index contributed by atoms with van der Waals surface area (Å²) in [6, 6.07) is 0.630. The van der Waals surface area contributed by atoms with Crippen LogP contribution in [0.4, 0.5) is 0 Å². The fourth-order valence-corrected chi connectivity index (χ4v) is 2.99. The highest BCUT2D eigenvalue weighted by Gasteiger charge is 2.32. The van der Waals surface area contributed by atoms with Crippen LogP contribution in [-0.2, 0) is 4.79 Å². The molecule has 0 aromatic carbocycles. The van der Waals surface area contributed by atoms with Crippen molar-refractivity contribution in [1.29, 1.82) is 0 Å². The number of nitrogens with two attached hydrogens (primary N) is 1. The number of piperazine rings is 1. The summed E-state index contributed by atoms with van der Waals surface area (Å²) in [7, 11) is 0. The van der Waals surface area contributed by atoms with E-state index in [1.54, 1.807) is 0 Å². The molecule has 17 heavy (non-hydrogen) atoms. The number of carbonyl (C=O) groups excluding carboxylic acids is 1. The van der Waals surface area contributed by atoms with E-state index in [4.69, 9.17) is 5.73 Å². The monoisotopic (exact) mass is 239 g/mol. The van der Waals surface area contributed by atoms with Crippen LogP contribution in [0.5, 0.6) is 0 Å². The molecule has 4 nitrogen and oxygen atoms in total. The van der Waals surface area contributed by atoms with Crippen LogP contribution < -0.4 is 5.73 Å². The van der Waals surface area contributed by atoms with E-state index in [-0.39, 0.29) is 0 Å².